The molecule has 1 atom stereocenters. The third-order valence-electron chi connectivity index (χ3n) is 3.84. The van der Waals surface area contributed by atoms with Crippen LogP contribution < -0.4 is 11.5 Å². The minimum Gasteiger partial charge on any atom is -0.468 e. The minimum absolute atomic E-state index is 0. The maximum Gasteiger partial charge on any atom is 0.211 e. The van der Waals surface area contributed by atoms with Crippen LogP contribution in [-0.2, 0) is 6.42 Å². The van der Waals surface area contributed by atoms with Crippen molar-refractivity contribution in [1.82, 2.24) is 0 Å². The standard InChI is InChI=1S/C16H17BrN4O.ClH/c1-9-8-22-14-7-11(10-2-4-12(17)5-3-10)6-13(15(9)14)20-21-16(18)19;/h2-5,8,11H,6-7H2,1H3,(H4,18,19,21);1H/b20-13+;. The van der Waals surface area contributed by atoms with Crippen LogP contribution in [0.25, 0.3) is 0 Å². The van der Waals surface area contributed by atoms with Gasteiger partial charge in [-0.2, -0.15) is 5.10 Å². The Balaban J connectivity index is 0.00000192. The van der Waals surface area contributed by atoms with E-state index in [4.69, 9.17) is 15.9 Å². The van der Waals surface area contributed by atoms with Crippen molar-refractivity contribution >= 4 is 40.0 Å². The summed E-state index contributed by atoms with van der Waals surface area (Å²) in [6.07, 6.45) is 3.40. The summed E-state index contributed by atoms with van der Waals surface area (Å²) in [5.41, 5.74) is 15.0. The molecule has 1 heterocycles. The van der Waals surface area contributed by atoms with E-state index in [2.05, 4.69) is 38.3 Å². The third-order valence-corrected chi connectivity index (χ3v) is 4.37. The highest BCUT2D eigenvalue weighted by Gasteiger charge is 2.29. The Labute approximate surface area is 149 Å². The predicted molar refractivity (Wildman–Crippen MR) is 98.2 cm³/mol. The molecule has 4 N–H and O–H groups in total. The van der Waals surface area contributed by atoms with E-state index in [1.807, 2.05) is 19.1 Å². The van der Waals surface area contributed by atoms with E-state index in [1.54, 1.807) is 6.26 Å². The molecule has 0 aliphatic heterocycles. The number of guanidine groups is 1. The molecule has 1 aliphatic rings. The van der Waals surface area contributed by atoms with Crippen molar-refractivity contribution in [2.75, 3.05) is 0 Å². The van der Waals surface area contributed by atoms with E-state index in [9.17, 15) is 0 Å². The number of aryl methyl sites for hydroxylation is 1. The van der Waals surface area contributed by atoms with Crippen molar-refractivity contribution in [2.24, 2.45) is 21.7 Å². The number of hydrogen-bond donors (Lipinski definition) is 2. The molecule has 1 unspecified atom stereocenters. The second kappa shape index (κ2) is 7.19. The summed E-state index contributed by atoms with van der Waals surface area (Å²) in [6, 6.07) is 8.33. The lowest BCUT2D eigenvalue weighted by Gasteiger charge is -2.23. The number of hydrogen-bond acceptors (Lipinski definition) is 3. The molecular formula is C16H18BrClN4O. The molecule has 0 saturated heterocycles. The fourth-order valence-corrected chi connectivity index (χ4v) is 3.11. The number of rotatable bonds is 2. The Morgan fingerprint density at radius 3 is 2.57 bits per heavy atom. The SMILES string of the molecule is Cc1coc2c1/C(=N/N=C(N)N)CC(c1ccc(Br)cc1)C2.Cl. The van der Waals surface area contributed by atoms with Crippen molar-refractivity contribution < 1.29 is 4.42 Å². The Kier molecular flexibility index (Phi) is 5.49. The molecule has 23 heavy (non-hydrogen) atoms. The Morgan fingerprint density at radius 2 is 1.91 bits per heavy atom. The van der Waals surface area contributed by atoms with Crippen LogP contribution in [0.1, 0.15) is 34.8 Å². The van der Waals surface area contributed by atoms with Crippen LogP contribution in [0.5, 0.6) is 0 Å². The lowest BCUT2D eigenvalue weighted by atomic mass is 9.81. The van der Waals surface area contributed by atoms with Crippen molar-refractivity contribution in [2.45, 2.75) is 25.7 Å². The van der Waals surface area contributed by atoms with Gasteiger partial charge in [-0.3, -0.25) is 0 Å². The molecule has 1 aromatic carbocycles. The number of furan rings is 1. The molecule has 0 saturated carbocycles. The zero-order chi connectivity index (χ0) is 15.7. The Morgan fingerprint density at radius 1 is 1.22 bits per heavy atom. The van der Waals surface area contributed by atoms with Gasteiger partial charge in [0.1, 0.15) is 5.76 Å². The van der Waals surface area contributed by atoms with Crippen molar-refractivity contribution in [3.8, 4) is 0 Å². The first-order valence-corrected chi connectivity index (χ1v) is 7.82. The maximum absolute atomic E-state index is 5.70. The first kappa shape index (κ1) is 17.6. The second-order valence-corrected chi connectivity index (χ2v) is 6.36. The fourth-order valence-electron chi connectivity index (χ4n) is 2.85. The van der Waals surface area contributed by atoms with Crippen LogP contribution in [0.4, 0.5) is 0 Å². The number of nitrogens with two attached hydrogens (primary N) is 2. The summed E-state index contributed by atoms with van der Waals surface area (Å²) < 4.78 is 6.76. The molecule has 3 rings (SSSR count). The van der Waals surface area contributed by atoms with Gasteiger partial charge in [0, 0.05) is 16.5 Å². The molecule has 122 valence electrons. The normalized spacial score (nSPS) is 18.2. The Hall–Kier alpha value is -1.79. The van der Waals surface area contributed by atoms with Crippen LogP contribution in [0.15, 0.2) is 49.6 Å². The van der Waals surface area contributed by atoms with Gasteiger partial charge in [-0.15, -0.1) is 17.5 Å². The molecular weight excluding hydrogens is 380 g/mol. The summed E-state index contributed by atoms with van der Waals surface area (Å²) in [7, 11) is 0. The largest absolute Gasteiger partial charge is 0.468 e. The first-order chi connectivity index (χ1) is 10.5. The first-order valence-electron chi connectivity index (χ1n) is 7.03. The highest BCUT2D eigenvalue weighted by Crippen LogP contribution is 2.35. The Bertz CT molecular complexity index is 748. The molecule has 1 aromatic heterocycles. The van der Waals surface area contributed by atoms with Crippen LogP contribution >= 0.6 is 28.3 Å². The zero-order valence-corrected chi connectivity index (χ0v) is 15.0. The lowest BCUT2D eigenvalue weighted by molar-refractivity contribution is 0.480. The number of benzene rings is 1. The van der Waals surface area contributed by atoms with Crippen LogP contribution in [0.3, 0.4) is 0 Å². The number of halogens is 2. The van der Waals surface area contributed by atoms with Gasteiger partial charge >= 0.3 is 0 Å². The van der Waals surface area contributed by atoms with Gasteiger partial charge in [0.2, 0.25) is 5.96 Å². The summed E-state index contributed by atoms with van der Waals surface area (Å²) in [6.45, 7) is 2.01. The molecule has 0 amide bonds. The van der Waals surface area contributed by atoms with Gasteiger partial charge in [0.15, 0.2) is 0 Å². The van der Waals surface area contributed by atoms with Crippen LogP contribution in [0, 0.1) is 6.92 Å². The van der Waals surface area contributed by atoms with Gasteiger partial charge < -0.3 is 15.9 Å². The highest BCUT2D eigenvalue weighted by atomic mass is 79.9. The highest BCUT2D eigenvalue weighted by molar-refractivity contribution is 9.10. The molecule has 0 fully saturated rings. The summed E-state index contributed by atoms with van der Waals surface area (Å²) in [5.74, 6) is 1.21. The molecule has 5 nitrogen and oxygen atoms in total. The summed E-state index contributed by atoms with van der Waals surface area (Å²) in [5, 5.41) is 8.06. The van der Waals surface area contributed by atoms with Crippen LogP contribution in [0.2, 0.25) is 0 Å². The summed E-state index contributed by atoms with van der Waals surface area (Å²) in [4.78, 5) is 0. The second-order valence-electron chi connectivity index (χ2n) is 5.45. The molecule has 0 spiro atoms. The van der Waals surface area contributed by atoms with E-state index in [0.717, 1.165) is 39.9 Å². The van der Waals surface area contributed by atoms with Crippen molar-refractivity contribution in [1.29, 1.82) is 0 Å². The van der Waals surface area contributed by atoms with E-state index in [-0.39, 0.29) is 18.4 Å². The molecule has 1 aliphatic carbocycles. The average molecular weight is 398 g/mol. The number of fused-ring (bicyclic) bond motifs is 1. The van der Waals surface area contributed by atoms with Crippen LogP contribution in [-0.4, -0.2) is 11.7 Å². The van der Waals surface area contributed by atoms with Gasteiger partial charge in [0.25, 0.3) is 0 Å². The van der Waals surface area contributed by atoms with E-state index >= 15 is 0 Å². The van der Waals surface area contributed by atoms with E-state index in [1.165, 1.54) is 5.56 Å². The smallest absolute Gasteiger partial charge is 0.211 e. The quantitative estimate of drug-likeness (QED) is 0.462. The van der Waals surface area contributed by atoms with E-state index in [0.29, 0.717) is 5.92 Å². The predicted octanol–water partition coefficient (Wildman–Crippen LogP) is 3.48. The molecule has 7 heteroatoms. The van der Waals surface area contributed by atoms with Gasteiger partial charge in [0.05, 0.1) is 12.0 Å². The van der Waals surface area contributed by atoms with E-state index < -0.39 is 0 Å². The van der Waals surface area contributed by atoms with Gasteiger partial charge in [-0.25, -0.2) is 0 Å². The van der Waals surface area contributed by atoms with Crippen molar-refractivity contribution in [3.63, 3.8) is 0 Å². The third kappa shape index (κ3) is 3.76. The fraction of sp³-hybridized carbons (Fsp3) is 0.250. The van der Waals surface area contributed by atoms with Gasteiger partial charge in [-0.05, 0) is 42.5 Å². The summed E-state index contributed by atoms with van der Waals surface area (Å²) >= 11 is 3.46. The average Bonchev–Trinajstić information content (AvgIpc) is 2.87. The lowest BCUT2D eigenvalue weighted by Crippen LogP contribution is -2.23. The van der Waals surface area contributed by atoms with Gasteiger partial charge in [-0.1, -0.05) is 28.1 Å². The zero-order valence-electron chi connectivity index (χ0n) is 12.6. The molecule has 2 aromatic rings. The minimum atomic E-state index is -0.0408. The monoisotopic (exact) mass is 396 g/mol. The van der Waals surface area contributed by atoms with Crippen molar-refractivity contribution in [3.05, 3.63) is 57.5 Å². The molecule has 0 bridgehead atoms. The number of nitrogens with zero attached hydrogens (tertiary/aromatic N) is 2. The maximum atomic E-state index is 5.70. The topological polar surface area (TPSA) is 89.9 Å². The molecule has 0 radical (unpaired) electrons.